The number of carbonyl (C=O) groups excluding carboxylic acids is 1. The molecule has 0 saturated carbocycles. The van der Waals surface area contributed by atoms with E-state index in [0.29, 0.717) is 24.5 Å². The number of hydrogen-bond acceptors (Lipinski definition) is 4. The lowest BCUT2D eigenvalue weighted by Gasteiger charge is -2.15. The van der Waals surface area contributed by atoms with Crippen LogP contribution in [0.15, 0.2) is 66.6 Å². The number of fused-ring (bicyclic) bond motifs is 1. The molecule has 0 unspecified atom stereocenters. The van der Waals surface area contributed by atoms with Crippen LogP contribution in [0.4, 0.5) is 0 Å². The van der Waals surface area contributed by atoms with E-state index in [1.165, 1.54) is 11.2 Å². The second kappa shape index (κ2) is 8.62. The number of nitrogens with one attached hydrogen (secondary N) is 2. The van der Waals surface area contributed by atoms with Crippen molar-refractivity contribution in [3.05, 3.63) is 82.8 Å². The quantitative estimate of drug-likeness (QED) is 0.286. The SMILES string of the molecule is N/C(=C\N(N)Cc1ccccc1)C(=O)NCCc1c[nH]c2ccc(Cl)cc12. The van der Waals surface area contributed by atoms with Crippen LogP contribution in [0.1, 0.15) is 11.1 Å². The summed E-state index contributed by atoms with van der Waals surface area (Å²) in [6, 6.07) is 15.4. The van der Waals surface area contributed by atoms with Crippen LogP contribution in [0.3, 0.4) is 0 Å². The first kappa shape index (κ1) is 18.8. The highest BCUT2D eigenvalue weighted by atomic mass is 35.5. The van der Waals surface area contributed by atoms with Crippen LogP contribution < -0.4 is 16.9 Å². The number of H-pyrrole nitrogens is 1. The third kappa shape index (κ3) is 5.03. The van der Waals surface area contributed by atoms with Gasteiger partial charge in [-0.15, -0.1) is 0 Å². The summed E-state index contributed by atoms with van der Waals surface area (Å²) >= 11 is 6.06. The van der Waals surface area contributed by atoms with Crippen molar-refractivity contribution in [3.8, 4) is 0 Å². The van der Waals surface area contributed by atoms with Gasteiger partial charge >= 0.3 is 0 Å². The van der Waals surface area contributed by atoms with Gasteiger partial charge in [0.2, 0.25) is 0 Å². The van der Waals surface area contributed by atoms with Gasteiger partial charge in [0.05, 0.1) is 6.54 Å². The molecule has 27 heavy (non-hydrogen) atoms. The Morgan fingerprint density at radius 3 is 2.78 bits per heavy atom. The molecule has 7 heteroatoms. The van der Waals surface area contributed by atoms with Crippen LogP contribution >= 0.6 is 11.6 Å². The van der Waals surface area contributed by atoms with Crippen LogP contribution in [0.5, 0.6) is 0 Å². The van der Waals surface area contributed by atoms with Crippen LogP contribution in [-0.2, 0) is 17.8 Å². The Morgan fingerprint density at radius 1 is 1.22 bits per heavy atom. The molecule has 0 spiro atoms. The van der Waals surface area contributed by atoms with Gasteiger partial charge in [-0.3, -0.25) is 4.79 Å². The Kier molecular flexibility index (Phi) is 6.01. The summed E-state index contributed by atoms with van der Waals surface area (Å²) in [5.74, 6) is 5.56. The van der Waals surface area contributed by atoms with Crippen molar-refractivity contribution in [2.75, 3.05) is 6.54 Å². The molecule has 0 atom stereocenters. The summed E-state index contributed by atoms with van der Waals surface area (Å²) in [6.07, 6.45) is 4.03. The van der Waals surface area contributed by atoms with Crippen LogP contribution in [0.2, 0.25) is 5.02 Å². The second-order valence-electron chi connectivity index (χ2n) is 6.25. The molecule has 0 fully saturated rings. The van der Waals surface area contributed by atoms with Gasteiger partial charge in [-0.05, 0) is 35.7 Å². The van der Waals surface area contributed by atoms with E-state index in [1.54, 1.807) is 0 Å². The summed E-state index contributed by atoms with van der Waals surface area (Å²) in [4.78, 5) is 15.4. The van der Waals surface area contributed by atoms with E-state index in [1.807, 2.05) is 54.7 Å². The minimum absolute atomic E-state index is 0.0652. The number of benzene rings is 2. The number of hydrogen-bond donors (Lipinski definition) is 4. The lowest BCUT2D eigenvalue weighted by atomic mass is 10.1. The number of nitrogens with zero attached hydrogens (tertiary/aromatic N) is 1. The lowest BCUT2D eigenvalue weighted by Crippen LogP contribution is -2.33. The Labute approximate surface area is 162 Å². The van der Waals surface area contributed by atoms with Gasteiger partial charge < -0.3 is 21.0 Å². The highest BCUT2D eigenvalue weighted by Gasteiger charge is 2.08. The minimum Gasteiger partial charge on any atom is -0.393 e. The molecular weight excluding hydrogens is 362 g/mol. The molecule has 0 saturated heterocycles. The Balaban J connectivity index is 1.52. The topological polar surface area (TPSA) is 100 Å². The molecule has 3 rings (SSSR count). The fourth-order valence-electron chi connectivity index (χ4n) is 2.85. The third-order valence-corrected chi connectivity index (χ3v) is 4.42. The zero-order valence-electron chi connectivity index (χ0n) is 14.8. The van der Waals surface area contributed by atoms with E-state index in [4.69, 9.17) is 23.2 Å². The van der Waals surface area contributed by atoms with Crippen molar-refractivity contribution < 1.29 is 4.79 Å². The number of amides is 1. The van der Waals surface area contributed by atoms with Crippen molar-refractivity contribution in [1.82, 2.24) is 15.3 Å². The van der Waals surface area contributed by atoms with Crippen molar-refractivity contribution in [2.45, 2.75) is 13.0 Å². The maximum absolute atomic E-state index is 12.2. The molecule has 6 N–H and O–H groups in total. The molecule has 140 valence electrons. The smallest absolute Gasteiger partial charge is 0.268 e. The normalized spacial score (nSPS) is 11.6. The van der Waals surface area contributed by atoms with Gasteiger partial charge in [-0.2, -0.15) is 0 Å². The van der Waals surface area contributed by atoms with Crippen LogP contribution in [0, 0.1) is 0 Å². The fourth-order valence-corrected chi connectivity index (χ4v) is 3.02. The largest absolute Gasteiger partial charge is 0.393 e. The third-order valence-electron chi connectivity index (χ3n) is 4.18. The van der Waals surface area contributed by atoms with Gasteiger partial charge in [0, 0.05) is 34.9 Å². The first-order chi connectivity index (χ1) is 13.0. The van der Waals surface area contributed by atoms with Gasteiger partial charge in [-0.25, -0.2) is 5.84 Å². The average Bonchev–Trinajstić information content (AvgIpc) is 3.04. The van der Waals surface area contributed by atoms with E-state index >= 15 is 0 Å². The zero-order valence-corrected chi connectivity index (χ0v) is 15.5. The zero-order chi connectivity index (χ0) is 19.2. The molecule has 1 aromatic heterocycles. The highest BCUT2D eigenvalue weighted by Crippen LogP contribution is 2.22. The number of aromatic nitrogens is 1. The standard InChI is InChI=1S/C20H22ClN5O/c21-16-6-7-19-17(10-16)15(11-25-19)8-9-24-20(27)18(22)13-26(23)12-14-4-2-1-3-5-14/h1-7,10-11,13,25H,8-9,12,22-23H2,(H,24,27)/b18-13-. The maximum atomic E-state index is 12.2. The minimum atomic E-state index is -0.351. The van der Waals surface area contributed by atoms with E-state index in [2.05, 4.69) is 10.3 Å². The summed E-state index contributed by atoms with van der Waals surface area (Å²) in [6.45, 7) is 0.918. The first-order valence-electron chi connectivity index (χ1n) is 8.59. The lowest BCUT2D eigenvalue weighted by molar-refractivity contribution is -0.117. The number of rotatable bonds is 7. The van der Waals surface area contributed by atoms with E-state index in [0.717, 1.165) is 22.0 Å². The molecule has 1 heterocycles. The van der Waals surface area contributed by atoms with E-state index < -0.39 is 0 Å². The fraction of sp³-hybridized carbons (Fsp3) is 0.150. The van der Waals surface area contributed by atoms with E-state index in [9.17, 15) is 4.79 Å². The summed E-state index contributed by atoms with van der Waals surface area (Å²) in [5.41, 5.74) is 9.04. The van der Waals surface area contributed by atoms with Gasteiger partial charge in [0.15, 0.2) is 0 Å². The van der Waals surface area contributed by atoms with Gasteiger partial charge in [0.25, 0.3) is 5.91 Å². The first-order valence-corrected chi connectivity index (χ1v) is 8.97. The molecule has 1 amide bonds. The Bertz CT molecular complexity index is 951. The summed E-state index contributed by atoms with van der Waals surface area (Å²) < 4.78 is 0. The highest BCUT2D eigenvalue weighted by molar-refractivity contribution is 6.31. The maximum Gasteiger partial charge on any atom is 0.268 e. The molecule has 3 aromatic rings. The molecule has 2 aromatic carbocycles. The monoisotopic (exact) mass is 383 g/mol. The number of carbonyl (C=O) groups is 1. The number of nitrogens with two attached hydrogens (primary N) is 2. The molecule has 0 aliphatic heterocycles. The van der Waals surface area contributed by atoms with Crippen molar-refractivity contribution in [3.63, 3.8) is 0 Å². The average molecular weight is 384 g/mol. The van der Waals surface area contributed by atoms with Gasteiger partial charge in [0.1, 0.15) is 5.70 Å². The number of aromatic amines is 1. The number of hydrazine groups is 1. The molecule has 0 aliphatic carbocycles. The Morgan fingerprint density at radius 2 is 2.00 bits per heavy atom. The van der Waals surface area contributed by atoms with Crippen LogP contribution in [-0.4, -0.2) is 22.4 Å². The predicted molar refractivity (Wildman–Crippen MR) is 108 cm³/mol. The summed E-state index contributed by atoms with van der Waals surface area (Å²) in [5, 5.41) is 5.94. The second-order valence-corrected chi connectivity index (χ2v) is 6.69. The molecule has 0 aliphatic rings. The summed E-state index contributed by atoms with van der Waals surface area (Å²) in [7, 11) is 0. The van der Waals surface area contributed by atoms with E-state index in [-0.39, 0.29) is 11.6 Å². The van der Waals surface area contributed by atoms with Crippen molar-refractivity contribution in [1.29, 1.82) is 0 Å². The molecular formula is C20H22ClN5O. The molecule has 6 nitrogen and oxygen atoms in total. The molecule has 0 radical (unpaired) electrons. The Hall–Kier alpha value is -2.96. The predicted octanol–water partition coefficient (Wildman–Crippen LogP) is 2.66. The van der Waals surface area contributed by atoms with Crippen molar-refractivity contribution >= 4 is 28.4 Å². The van der Waals surface area contributed by atoms with Crippen molar-refractivity contribution in [2.24, 2.45) is 11.6 Å². The molecule has 0 bridgehead atoms. The number of halogens is 1. The van der Waals surface area contributed by atoms with Gasteiger partial charge in [-0.1, -0.05) is 41.9 Å². The van der Waals surface area contributed by atoms with Crippen LogP contribution in [0.25, 0.3) is 10.9 Å².